The van der Waals surface area contributed by atoms with Gasteiger partial charge in [-0.1, -0.05) is 37.3 Å². The lowest BCUT2D eigenvalue weighted by molar-refractivity contribution is 0.467. The molecule has 3 aromatic heterocycles. The van der Waals surface area contributed by atoms with Crippen molar-refractivity contribution < 1.29 is 0 Å². The number of nitrogens with one attached hydrogen (secondary N) is 1. The molecule has 3 heterocycles. The van der Waals surface area contributed by atoms with E-state index in [1.54, 1.807) is 17.7 Å². The maximum absolute atomic E-state index is 4.44. The minimum atomic E-state index is 0.442. The molecule has 5 nitrogen and oxygen atoms in total. The molecule has 1 aromatic carbocycles. The van der Waals surface area contributed by atoms with Gasteiger partial charge in [0.2, 0.25) is 0 Å². The van der Waals surface area contributed by atoms with Gasteiger partial charge in [0.15, 0.2) is 0 Å². The zero-order valence-electron chi connectivity index (χ0n) is 14.0. The second-order valence-electron chi connectivity index (χ2n) is 6.13. The molecule has 0 fully saturated rings. The highest BCUT2D eigenvalue weighted by Crippen LogP contribution is 2.34. The molecular formula is C19H19N5S. The van der Waals surface area contributed by atoms with Crippen LogP contribution < -0.4 is 5.32 Å². The molecule has 0 aliphatic carbocycles. The SMILES string of the molecule is C[C@@H](CNc1ncnc2sc(-c3ccccc3)cc12)Cn1cccn1. The van der Waals surface area contributed by atoms with Crippen LogP contribution in [0.3, 0.4) is 0 Å². The number of hydrogen-bond donors (Lipinski definition) is 1. The smallest absolute Gasteiger partial charge is 0.138 e. The third-order valence-corrected chi connectivity index (χ3v) is 5.16. The second-order valence-corrected chi connectivity index (χ2v) is 7.16. The third-order valence-electron chi connectivity index (χ3n) is 4.06. The van der Waals surface area contributed by atoms with Crippen molar-refractivity contribution >= 4 is 27.4 Å². The molecular weight excluding hydrogens is 330 g/mol. The van der Waals surface area contributed by atoms with Gasteiger partial charge in [0.1, 0.15) is 17.0 Å². The first-order chi connectivity index (χ1) is 12.3. The molecule has 0 saturated heterocycles. The minimum absolute atomic E-state index is 0.442. The molecule has 6 heteroatoms. The summed E-state index contributed by atoms with van der Waals surface area (Å²) in [7, 11) is 0. The van der Waals surface area contributed by atoms with Crippen LogP contribution >= 0.6 is 11.3 Å². The monoisotopic (exact) mass is 349 g/mol. The Labute approximate surface area is 150 Å². The third kappa shape index (κ3) is 3.53. The Bertz CT molecular complexity index is 947. The molecule has 0 unspecified atom stereocenters. The molecule has 1 N–H and O–H groups in total. The van der Waals surface area contributed by atoms with E-state index in [1.807, 2.05) is 29.2 Å². The van der Waals surface area contributed by atoms with Crippen LogP contribution in [0.4, 0.5) is 5.82 Å². The highest BCUT2D eigenvalue weighted by Gasteiger charge is 2.11. The number of rotatable bonds is 6. The average Bonchev–Trinajstić information content (AvgIpc) is 3.30. The number of fused-ring (bicyclic) bond motifs is 1. The van der Waals surface area contributed by atoms with Gasteiger partial charge in [-0.25, -0.2) is 9.97 Å². The fourth-order valence-electron chi connectivity index (χ4n) is 2.80. The Morgan fingerprint density at radius 2 is 2.04 bits per heavy atom. The Morgan fingerprint density at radius 3 is 2.84 bits per heavy atom. The summed E-state index contributed by atoms with van der Waals surface area (Å²) in [5.41, 5.74) is 1.21. The molecule has 0 amide bonds. The van der Waals surface area contributed by atoms with Gasteiger partial charge in [0, 0.05) is 30.4 Å². The van der Waals surface area contributed by atoms with Crippen LogP contribution in [-0.4, -0.2) is 26.3 Å². The number of aromatic nitrogens is 4. The number of nitrogens with zero attached hydrogens (tertiary/aromatic N) is 4. The van der Waals surface area contributed by atoms with Crippen LogP contribution in [0.5, 0.6) is 0 Å². The van der Waals surface area contributed by atoms with Gasteiger partial charge in [-0.15, -0.1) is 11.3 Å². The van der Waals surface area contributed by atoms with Crippen molar-refractivity contribution in [2.24, 2.45) is 5.92 Å². The quantitative estimate of drug-likeness (QED) is 0.564. The normalized spacial score (nSPS) is 12.4. The van der Waals surface area contributed by atoms with Gasteiger partial charge in [-0.05, 0) is 23.6 Å². The first-order valence-electron chi connectivity index (χ1n) is 8.31. The molecule has 4 aromatic rings. The van der Waals surface area contributed by atoms with Crippen LogP contribution in [0.15, 0.2) is 61.2 Å². The maximum Gasteiger partial charge on any atom is 0.138 e. The molecule has 4 rings (SSSR count). The molecule has 0 aliphatic rings. The summed E-state index contributed by atoms with van der Waals surface area (Å²) < 4.78 is 1.96. The van der Waals surface area contributed by atoms with E-state index >= 15 is 0 Å². The highest BCUT2D eigenvalue weighted by atomic mass is 32.1. The van der Waals surface area contributed by atoms with Gasteiger partial charge >= 0.3 is 0 Å². The Balaban J connectivity index is 1.52. The van der Waals surface area contributed by atoms with E-state index in [-0.39, 0.29) is 0 Å². The lowest BCUT2D eigenvalue weighted by atomic mass is 10.1. The summed E-state index contributed by atoms with van der Waals surface area (Å²) in [6, 6.07) is 14.5. The van der Waals surface area contributed by atoms with Crippen molar-refractivity contribution in [2.75, 3.05) is 11.9 Å². The fourth-order valence-corrected chi connectivity index (χ4v) is 3.81. The van der Waals surface area contributed by atoms with Gasteiger partial charge in [0.25, 0.3) is 0 Å². The molecule has 0 bridgehead atoms. The highest BCUT2D eigenvalue weighted by molar-refractivity contribution is 7.21. The summed E-state index contributed by atoms with van der Waals surface area (Å²) in [6.45, 7) is 3.92. The van der Waals surface area contributed by atoms with E-state index in [9.17, 15) is 0 Å². The van der Waals surface area contributed by atoms with E-state index in [2.05, 4.69) is 57.6 Å². The minimum Gasteiger partial charge on any atom is -0.369 e. The summed E-state index contributed by atoms with van der Waals surface area (Å²) in [5.74, 6) is 1.34. The van der Waals surface area contributed by atoms with Crippen molar-refractivity contribution in [3.05, 3.63) is 61.2 Å². The van der Waals surface area contributed by atoms with Gasteiger partial charge in [0.05, 0.1) is 5.39 Å². The molecule has 25 heavy (non-hydrogen) atoms. The van der Waals surface area contributed by atoms with Crippen molar-refractivity contribution in [1.29, 1.82) is 0 Å². The first kappa shape index (κ1) is 15.8. The molecule has 0 saturated carbocycles. The van der Waals surface area contributed by atoms with E-state index in [0.29, 0.717) is 5.92 Å². The van der Waals surface area contributed by atoms with Crippen molar-refractivity contribution in [3.8, 4) is 10.4 Å². The molecule has 0 spiro atoms. The number of anilines is 1. The van der Waals surface area contributed by atoms with Gasteiger partial charge in [-0.3, -0.25) is 4.68 Å². The largest absolute Gasteiger partial charge is 0.369 e. The Hall–Kier alpha value is -2.73. The lowest BCUT2D eigenvalue weighted by Crippen LogP contribution is -2.18. The van der Waals surface area contributed by atoms with Gasteiger partial charge < -0.3 is 5.32 Å². The molecule has 1 atom stereocenters. The summed E-state index contributed by atoms with van der Waals surface area (Å²) >= 11 is 1.70. The maximum atomic E-state index is 4.44. The van der Waals surface area contributed by atoms with E-state index in [4.69, 9.17) is 0 Å². The Morgan fingerprint density at radius 1 is 1.16 bits per heavy atom. The van der Waals surface area contributed by atoms with Crippen molar-refractivity contribution in [3.63, 3.8) is 0 Å². The molecule has 126 valence electrons. The van der Waals surface area contributed by atoms with Crippen LogP contribution in [-0.2, 0) is 6.54 Å². The second kappa shape index (κ2) is 7.03. The van der Waals surface area contributed by atoms with Crippen LogP contribution in [0.25, 0.3) is 20.7 Å². The summed E-state index contributed by atoms with van der Waals surface area (Å²) in [4.78, 5) is 11.1. The first-order valence-corrected chi connectivity index (χ1v) is 9.12. The predicted octanol–water partition coefficient (Wildman–Crippen LogP) is 4.30. The number of benzene rings is 1. The lowest BCUT2D eigenvalue weighted by Gasteiger charge is -2.13. The fraction of sp³-hybridized carbons (Fsp3) is 0.211. The van der Waals surface area contributed by atoms with Gasteiger partial charge in [-0.2, -0.15) is 5.10 Å². The van der Waals surface area contributed by atoms with Crippen LogP contribution in [0.1, 0.15) is 6.92 Å². The predicted molar refractivity (Wildman–Crippen MR) is 103 cm³/mol. The van der Waals surface area contributed by atoms with E-state index < -0.39 is 0 Å². The number of hydrogen-bond acceptors (Lipinski definition) is 5. The summed E-state index contributed by atoms with van der Waals surface area (Å²) in [5, 5.41) is 8.82. The van der Waals surface area contributed by atoms with E-state index in [0.717, 1.165) is 29.1 Å². The zero-order valence-corrected chi connectivity index (χ0v) is 14.8. The Kier molecular flexibility index (Phi) is 4.43. The zero-order chi connectivity index (χ0) is 17.1. The average molecular weight is 349 g/mol. The van der Waals surface area contributed by atoms with E-state index in [1.165, 1.54) is 10.4 Å². The standard InChI is InChI=1S/C19H19N5S/c1-14(12-24-9-5-8-23-24)11-20-18-16-10-17(15-6-3-2-4-7-15)25-19(16)22-13-21-18/h2-10,13-14H,11-12H2,1H3,(H,20,21,22)/t14-/m0/s1. The van der Waals surface area contributed by atoms with Crippen molar-refractivity contribution in [2.45, 2.75) is 13.5 Å². The molecule has 0 aliphatic heterocycles. The number of thiophene rings is 1. The van der Waals surface area contributed by atoms with Crippen LogP contribution in [0, 0.1) is 5.92 Å². The van der Waals surface area contributed by atoms with Crippen LogP contribution in [0.2, 0.25) is 0 Å². The van der Waals surface area contributed by atoms with Crippen molar-refractivity contribution in [1.82, 2.24) is 19.7 Å². The summed E-state index contributed by atoms with van der Waals surface area (Å²) in [6.07, 6.45) is 5.43. The molecule has 0 radical (unpaired) electrons. The topological polar surface area (TPSA) is 55.6 Å².